The van der Waals surface area contributed by atoms with Crippen molar-refractivity contribution in [3.63, 3.8) is 0 Å². The summed E-state index contributed by atoms with van der Waals surface area (Å²) in [4.78, 5) is 10.9. The molecule has 2 rings (SSSR count). The van der Waals surface area contributed by atoms with Crippen LogP contribution in [0.15, 0.2) is 42.5 Å². The van der Waals surface area contributed by atoms with E-state index in [9.17, 15) is 9.00 Å². The summed E-state index contributed by atoms with van der Waals surface area (Å²) in [7, 11) is 0. The average Bonchev–Trinajstić information content (AvgIpc) is 2.38. The Morgan fingerprint density at radius 2 is 1.89 bits per heavy atom. The molecule has 18 heavy (non-hydrogen) atoms. The van der Waals surface area contributed by atoms with Crippen LogP contribution in [0.2, 0.25) is 0 Å². The highest BCUT2D eigenvalue weighted by Gasteiger charge is 2.13. The van der Waals surface area contributed by atoms with Crippen molar-refractivity contribution in [2.75, 3.05) is 5.75 Å². The SMILES string of the molecule is O=CC(Cc1cccc2ccccc12)CS(=O)O. The maximum atomic E-state index is 10.9. The van der Waals surface area contributed by atoms with Gasteiger partial charge in [-0.3, -0.25) is 0 Å². The molecule has 2 atom stereocenters. The zero-order valence-electron chi connectivity index (χ0n) is 9.78. The van der Waals surface area contributed by atoms with E-state index >= 15 is 0 Å². The summed E-state index contributed by atoms with van der Waals surface area (Å²) in [5, 5.41) is 2.21. The minimum atomic E-state index is -1.93. The highest BCUT2D eigenvalue weighted by molar-refractivity contribution is 7.79. The van der Waals surface area contributed by atoms with E-state index in [1.165, 1.54) is 0 Å². The number of hydrogen-bond acceptors (Lipinski definition) is 2. The van der Waals surface area contributed by atoms with E-state index in [2.05, 4.69) is 0 Å². The molecule has 0 fully saturated rings. The molecule has 0 aromatic heterocycles. The highest BCUT2D eigenvalue weighted by Crippen LogP contribution is 2.21. The molecule has 0 amide bonds. The molecule has 0 heterocycles. The normalized spacial score (nSPS) is 14.3. The van der Waals surface area contributed by atoms with Gasteiger partial charge in [-0.25, -0.2) is 4.21 Å². The van der Waals surface area contributed by atoms with Crippen molar-refractivity contribution in [3.05, 3.63) is 48.0 Å². The Morgan fingerprint density at radius 1 is 1.17 bits per heavy atom. The summed E-state index contributed by atoms with van der Waals surface area (Å²) in [5.41, 5.74) is 1.04. The Kier molecular flexibility index (Phi) is 4.23. The van der Waals surface area contributed by atoms with Crippen LogP contribution in [0.5, 0.6) is 0 Å². The summed E-state index contributed by atoms with van der Waals surface area (Å²) in [6.45, 7) is 0. The smallest absolute Gasteiger partial charge is 0.153 e. The van der Waals surface area contributed by atoms with Gasteiger partial charge in [-0.1, -0.05) is 42.5 Å². The average molecular weight is 262 g/mol. The molecule has 0 aliphatic carbocycles. The van der Waals surface area contributed by atoms with Gasteiger partial charge in [-0.2, -0.15) is 0 Å². The predicted octanol–water partition coefficient (Wildman–Crippen LogP) is 2.42. The number of rotatable bonds is 5. The molecule has 94 valence electrons. The molecule has 0 aliphatic rings. The number of fused-ring (bicyclic) bond motifs is 1. The monoisotopic (exact) mass is 262 g/mol. The largest absolute Gasteiger partial charge is 0.306 e. The van der Waals surface area contributed by atoms with E-state index in [1.54, 1.807) is 0 Å². The van der Waals surface area contributed by atoms with Crippen LogP contribution in [-0.4, -0.2) is 20.8 Å². The van der Waals surface area contributed by atoms with Crippen molar-refractivity contribution in [2.24, 2.45) is 5.92 Å². The van der Waals surface area contributed by atoms with Crippen LogP contribution < -0.4 is 0 Å². The topological polar surface area (TPSA) is 54.4 Å². The second kappa shape index (κ2) is 5.89. The van der Waals surface area contributed by atoms with Gasteiger partial charge in [-0.15, -0.1) is 0 Å². The first-order valence-corrected chi connectivity index (χ1v) is 6.97. The van der Waals surface area contributed by atoms with Gasteiger partial charge in [0, 0.05) is 5.92 Å². The molecule has 2 aromatic carbocycles. The van der Waals surface area contributed by atoms with Gasteiger partial charge in [0.2, 0.25) is 0 Å². The number of hydrogen-bond donors (Lipinski definition) is 1. The third kappa shape index (κ3) is 3.03. The van der Waals surface area contributed by atoms with Gasteiger partial charge in [0.05, 0.1) is 5.75 Å². The summed E-state index contributed by atoms with van der Waals surface area (Å²) in [6.07, 6.45) is 1.26. The summed E-state index contributed by atoms with van der Waals surface area (Å²) in [6, 6.07) is 13.8. The molecule has 0 spiro atoms. The van der Waals surface area contributed by atoms with Crippen molar-refractivity contribution in [2.45, 2.75) is 6.42 Å². The molecular weight excluding hydrogens is 248 g/mol. The fourth-order valence-electron chi connectivity index (χ4n) is 2.08. The Morgan fingerprint density at radius 3 is 2.61 bits per heavy atom. The molecule has 1 N–H and O–H groups in total. The Bertz CT molecular complexity index is 575. The Hall–Kier alpha value is -1.52. The van der Waals surface area contributed by atoms with Gasteiger partial charge in [0.25, 0.3) is 0 Å². The summed E-state index contributed by atoms with van der Waals surface area (Å²) >= 11 is -1.93. The van der Waals surface area contributed by atoms with E-state index in [0.29, 0.717) is 6.42 Å². The standard InChI is InChI=1S/C14H14O3S/c15-9-11(10-18(16)17)8-13-6-3-5-12-4-1-2-7-14(12)13/h1-7,9,11H,8,10H2,(H,16,17). The fourth-order valence-corrected chi connectivity index (χ4v) is 2.65. The lowest BCUT2D eigenvalue weighted by molar-refractivity contribution is -0.110. The van der Waals surface area contributed by atoms with Crippen LogP contribution >= 0.6 is 0 Å². The Balaban J connectivity index is 2.30. The molecule has 0 bridgehead atoms. The lowest BCUT2D eigenvalue weighted by Crippen LogP contribution is -2.15. The number of carbonyl (C=O) groups is 1. The molecule has 2 aromatic rings. The van der Waals surface area contributed by atoms with E-state index in [-0.39, 0.29) is 5.75 Å². The fraction of sp³-hybridized carbons (Fsp3) is 0.214. The first-order chi connectivity index (χ1) is 8.70. The van der Waals surface area contributed by atoms with Gasteiger partial charge in [0.1, 0.15) is 6.29 Å². The molecule has 4 heteroatoms. The molecule has 0 saturated heterocycles. The van der Waals surface area contributed by atoms with Crippen LogP contribution in [0.3, 0.4) is 0 Å². The summed E-state index contributed by atoms with van der Waals surface area (Å²) in [5.74, 6) is -0.422. The van der Waals surface area contributed by atoms with Crippen LogP contribution in [0.1, 0.15) is 5.56 Å². The van der Waals surface area contributed by atoms with E-state index in [0.717, 1.165) is 22.6 Å². The molecular formula is C14H14O3S. The maximum absolute atomic E-state index is 10.9. The highest BCUT2D eigenvalue weighted by atomic mass is 32.2. The first kappa shape index (κ1) is 12.9. The van der Waals surface area contributed by atoms with Crippen molar-refractivity contribution < 1.29 is 13.6 Å². The van der Waals surface area contributed by atoms with E-state index in [4.69, 9.17) is 4.55 Å². The van der Waals surface area contributed by atoms with E-state index < -0.39 is 17.0 Å². The van der Waals surface area contributed by atoms with Crippen LogP contribution in [0.25, 0.3) is 10.8 Å². The van der Waals surface area contributed by atoms with Crippen molar-refractivity contribution in [1.82, 2.24) is 0 Å². The number of benzene rings is 2. The minimum absolute atomic E-state index is 0.00722. The van der Waals surface area contributed by atoms with Crippen LogP contribution in [0, 0.1) is 5.92 Å². The first-order valence-electron chi connectivity index (χ1n) is 5.70. The third-order valence-corrected chi connectivity index (χ3v) is 3.62. The predicted molar refractivity (Wildman–Crippen MR) is 72.8 cm³/mol. The molecule has 2 unspecified atom stereocenters. The number of aldehydes is 1. The van der Waals surface area contributed by atoms with Crippen molar-refractivity contribution in [3.8, 4) is 0 Å². The van der Waals surface area contributed by atoms with Gasteiger partial charge in [0.15, 0.2) is 11.1 Å². The van der Waals surface area contributed by atoms with Crippen LogP contribution in [-0.2, 0) is 22.3 Å². The zero-order chi connectivity index (χ0) is 13.0. The molecule has 0 saturated carbocycles. The maximum Gasteiger partial charge on any atom is 0.153 e. The lowest BCUT2D eigenvalue weighted by atomic mass is 9.97. The zero-order valence-corrected chi connectivity index (χ0v) is 10.6. The number of carbonyl (C=O) groups excluding carboxylic acids is 1. The van der Waals surface area contributed by atoms with Gasteiger partial charge >= 0.3 is 0 Å². The van der Waals surface area contributed by atoms with Gasteiger partial charge < -0.3 is 9.35 Å². The summed E-state index contributed by atoms with van der Waals surface area (Å²) < 4.78 is 19.6. The molecule has 3 nitrogen and oxygen atoms in total. The molecule has 0 radical (unpaired) electrons. The van der Waals surface area contributed by atoms with Gasteiger partial charge in [-0.05, 0) is 22.8 Å². The Labute approximate surface area is 108 Å². The van der Waals surface area contributed by atoms with Crippen molar-refractivity contribution >= 4 is 28.1 Å². The lowest BCUT2D eigenvalue weighted by Gasteiger charge is -2.10. The second-order valence-electron chi connectivity index (χ2n) is 4.23. The second-order valence-corrected chi connectivity index (χ2v) is 5.20. The minimum Gasteiger partial charge on any atom is -0.306 e. The third-order valence-electron chi connectivity index (χ3n) is 2.91. The van der Waals surface area contributed by atoms with E-state index in [1.807, 2.05) is 42.5 Å². The quantitative estimate of drug-likeness (QED) is 0.665. The van der Waals surface area contributed by atoms with Crippen LogP contribution in [0.4, 0.5) is 0 Å². The molecule has 0 aliphatic heterocycles. The van der Waals surface area contributed by atoms with Crippen molar-refractivity contribution in [1.29, 1.82) is 0 Å².